The van der Waals surface area contributed by atoms with Crippen molar-refractivity contribution in [2.45, 2.75) is 19.8 Å². The maximum atomic E-state index is 11.9. The van der Waals surface area contributed by atoms with E-state index < -0.39 is 11.9 Å². The predicted octanol–water partition coefficient (Wildman–Crippen LogP) is 0.792. The van der Waals surface area contributed by atoms with E-state index in [2.05, 4.69) is 5.32 Å². The molecule has 0 aromatic rings. The summed E-state index contributed by atoms with van der Waals surface area (Å²) in [5, 5.41) is 11.9. The standard InChI is InChI=1S/C14H26N2O5/c1-11-9-16(10-12(11)13(17)18)14(19)15-5-3-4-6-21-8-7-20-2/h11-12H,3-10H2,1-2H3,(H,15,19)(H,17,18)/t11-,12-/m1/s1. The lowest BCUT2D eigenvalue weighted by atomic mass is 9.99. The summed E-state index contributed by atoms with van der Waals surface area (Å²) in [6.45, 7) is 5.07. The van der Waals surface area contributed by atoms with Crippen LogP contribution in [0.3, 0.4) is 0 Å². The number of urea groups is 1. The van der Waals surface area contributed by atoms with Crippen LogP contribution in [0.15, 0.2) is 0 Å². The van der Waals surface area contributed by atoms with Crippen molar-refractivity contribution in [3.8, 4) is 0 Å². The number of hydrogen-bond acceptors (Lipinski definition) is 4. The van der Waals surface area contributed by atoms with E-state index in [9.17, 15) is 9.59 Å². The van der Waals surface area contributed by atoms with E-state index in [4.69, 9.17) is 14.6 Å². The van der Waals surface area contributed by atoms with Crippen LogP contribution in [-0.2, 0) is 14.3 Å². The van der Waals surface area contributed by atoms with Gasteiger partial charge in [-0.3, -0.25) is 4.79 Å². The average Bonchev–Trinajstić information content (AvgIpc) is 2.84. The largest absolute Gasteiger partial charge is 0.481 e. The first kappa shape index (κ1) is 17.7. The van der Waals surface area contributed by atoms with E-state index in [0.717, 1.165) is 12.8 Å². The van der Waals surface area contributed by atoms with Crippen molar-refractivity contribution >= 4 is 12.0 Å². The number of hydrogen-bond donors (Lipinski definition) is 2. The Labute approximate surface area is 125 Å². The first-order valence-corrected chi connectivity index (χ1v) is 7.38. The van der Waals surface area contributed by atoms with Crippen LogP contribution in [0.5, 0.6) is 0 Å². The van der Waals surface area contributed by atoms with E-state index in [0.29, 0.717) is 39.5 Å². The first-order chi connectivity index (χ1) is 10.1. The molecule has 21 heavy (non-hydrogen) atoms. The van der Waals surface area contributed by atoms with Crippen LogP contribution in [0.2, 0.25) is 0 Å². The number of unbranched alkanes of at least 4 members (excludes halogenated alkanes) is 1. The summed E-state index contributed by atoms with van der Waals surface area (Å²) < 4.78 is 10.2. The minimum Gasteiger partial charge on any atom is -0.481 e. The Hall–Kier alpha value is -1.34. The number of carbonyl (C=O) groups excluding carboxylic acids is 1. The van der Waals surface area contributed by atoms with Gasteiger partial charge in [0.25, 0.3) is 0 Å². The molecule has 2 amide bonds. The molecular weight excluding hydrogens is 276 g/mol. The minimum absolute atomic E-state index is 0.00225. The highest BCUT2D eigenvalue weighted by atomic mass is 16.5. The van der Waals surface area contributed by atoms with Crippen molar-refractivity contribution in [2.75, 3.05) is 46.6 Å². The number of likely N-dealkylation sites (tertiary alicyclic amines) is 1. The third-order valence-electron chi connectivity index (χ3n) is 3.64. The molecule has 0 unspecified atom stereocenters. The number of carboxylic acid groups (broad SMARTS) is 1. The molecule has 0 aliphatic carbocycles. The van der Waals surface area contributed by atoms with Gasteiger partial charge in [-0.1, -0.05) is 6.92 Å². The normalized spacial score (nSPS) is 21.5. The SMILES string of the molecule is COCCOCCCCNC(=O)N1C[C@@H](C)[C@H](C(=O)O)C1. The van der Waals surface area contributed by atoms with Crippen LogP contribution in [0, 0.1) is 11.8 Å². The summed E-state index contributed by atoms with van der Waals surface area (Å²) in [5.74, 6) is -1.28. The van der Waals surface area contributed by atoms with Crippen LogP contribution in [0.25, 0.3) is 0 Å². The van der Waals surface area contributed by atoms with Crippen molar-refractivity contribution in [1.82, 2.24) is 10.2 Å². The molecule has 1 aliphatic rings. The highest BCUT2D eigenvalue weighted by Crippen LogP contribution is 2.22. The summed E-state index contributed by atoms with van der Waals surface area (Å²) in [6.07, 6.45) is 1.71. The third kappa shape index (κ3) is 6.31. The lowest BCUT2D eigenvalue weighted by Crippen LogP contribution is -2.39. The molecular formula is C14H26N2O5. The second kappa shape index (κ2) is 9.57. The van der Waals surface area contributed by atoms with Crippen molar-refractivity contribution < 1.29 is 24.2 Å². The lowest BCUT2D eigenvalue weighted by Gasteiger charge is -2.16. The van der Waals surface area contributed by atoms with E-state index in [1.807, 2.05) is 6.92 Å². The molecule has 1 saturated heterocycles. The van der Waals surface area contributed by atoms with Crippen LogP contribution in [0.4, 0.5) is 4.79 Å². The van der Waals surface area contributed by atoms with Crippen LogP contribution < -0.4 is 5.32 Å². The smallest absolute Gasteiger partial charge is 0.317 e. The molecule has 7 heteroatoms. The summed E-state index contributed by atoms with van der Waals surface area (Å²) >= 11 is 0. The van der Waals surface area contributed by atoms with E-state index in [1.54, 1.807) is 12.0 Å². The molecule has 0 aromatic heterocycles. The fourth-order valence-corrected chi connectivity index (χ4v) is 2.33. The summed E-state index contributed by atoms with van der Waals surface area (Å²) in [4.78, 5) is 24.5. The van der Waals surface area contributed by atoms with Crippen LogP contribution in [0.1, 0.15) is 19.8 Å². The second-order valence-electron chi connectivity index (χ2n) is 5.37. The number of nitrogens with zero attached hydrogens (tertiary/aromatic N) is 1. The van der Waals surface area contributed by atoms with Gasteiger partial charge in [-0.05, 0) is 18.8 Å². The number of methoxy groups -OCH3 is 1. The van der Waals surface area contributed by atoms with Gasteiger partial charge in [0.2, 0.25) is 0 Å². The monoisotopic (exact) mass is 302 g/mol. The Balaban J connectivity index is 2.08. The average molecular weight is 302 g/mol. The Kier molecular flexibility index (Phi) is 8.07. The molecule has 1 fully saturated rings. The maximum Gasteiger partial charge on any atom is 0.317 e. The van der Waals surface area contributed by atoms with Crippen molar-refractivity contribution in [3.05, 3.63) is 0 Å². The molecule has 2 atom stereocenters. The molecule has 7 nitrogen and oxygen atoms in total. The zero-order chi connectivity index (χ0) is 15.7. The number of ether oxygens (including phenoxy) is 2. The fraction of sp³-hybridized carbons (Fsp3) is 0.857. The molecule has 0 spiro atoms. The van der Waals surface area contributed by atoms with Crippen LogP contribution in [-0.4, -0.2) is 68.6 Å². The predicted molar refractivity (Wildman–Crippen MR) is 77.2 cm³/mol. The number of carbonyl (C=O) groups is 2. The molecule has 0 saturated carbocycles. The quantitative estimate of drug-likeness (QED) is 0.615. The summed E-state index contributed by atoms with van der Waals surface area (Å²) in [7, 11) is 1.63. The number of aliphatic carboxylic acids is 1. The zero-order valence-corrected chi connectivity index (χ0v) is 12.8. The van der Waals surface area contributed by atoms with Gasteiger partial charge in [-0.2, -0.15) is 0 Å². The van der Waals surface area contributed by atoms with Gasteiger partial charge in [0.15, 0.2) is 0 Å². The van der Waals surface area contributed by atoms with Crippen LogP contribution >= 0.6 is 0 Å². The van der Waals surface area contributed by atoms with Gasteiger partial charge in [-0.15, -0.1) is 0 Å². The van der Waals surface area contributed by atoms with Crippen molar-refractivity contribution in [2.24, 2.45) is 11.8 Å². The maximum absolute atomic E-state index is 11.9. The molecule has 0 bridgehead atoms. The third-order valence-corrected chi connectivity index (χ3v) is 3.64. The number of amides is 2. The Morgan fingerprint density at radius 2 is 2.00 bits per heavy atom. The highest BCUT2D eigenvalue weighted by molar-refractivity contribution is 5.77. The molecule has 0 radical (unpaired) electrons. The number of carboxylic acids is 1. The molecule has 1 heterocycles. The molecule has 2 N–H and O–H groups in total. The second-order valence-corrected chi connectivity index (χ2v) is 5.37. The first-order valence-electron chi connectivity index (χ1n) is 7.38. The van der Waals surface area contributed by atoms with Crippen molar-refractivity contribution in [3.63, 3.8) is 0 Å². The minimum atomic E-state index is -0.828. The van der Waals surface area contributed by atoms with Gasteiger partial charge in [-0.25, -0.2) is 4.79 Å². The molecule has 1 aliphatic heterocycles. The number of rotatable bonds is 9. The zero-order valence-electron chi connectivity index (χ0n) is 12.8. The molecule has 1 rings (SSSR count). The lowest BCUT2D eigenvalue weighted by molar-refractivity contribution is -0.142. The van der Waals surface area contributed by atoms with E-state index >= 15 is 0 Å². The van der Waals surface area contributed by atoms with Gasteiger partial charge >= 0.3 is 12.0 Å². The topological polar surface area (TPSA) is 88.1 Å². The highest BCUT2D eigenvalue weighted by Gasteiger charge is 2.36. The van der Waals surface area contributed by atoms with E-state index in [1.165, 1.54) is 0 Å². The number of nitrogens with one attached hydrogen (secondary N) is 1. The molecule has 0 aromatic carbocycles. The van der Waals surface area contributed by atoms with Gasteiger partial charge in [0.1, 0.15) is 0 Å². The van der Waals surface area contributed by atoms with Crippen molar-refractivity contribution in [1.29, 1.82) is 0 Å². The summed E-state index contributed by atoms with van der Waals surface area (Å²) in [6, 6.07) is -0.175. The Morgan fingerprint density at radius 1 is 1.24 bits per heavy atom. The Bertz CT molecular complexity index is 337. The van der Waals surface area contributed by atoms with Gasteiger partial charge in [0.05, 0.1) is 19.1 Å². The fourth-order valence-electron chi connectivity index (χ4n) is 2.33. The van der Waals surface area contributed by atoms with E-state index in [-0.39, 0.29) is 11.9 Å². The Morgan fingerprint density at radius 3 is 2.62 bits per heavy atom. The van der Waals surface area contributed by atoms with Gasteiger partial charge < -0.3 is 24.8 Å². The summed E-state index contributed by atoms with van der Waals surface area (Å²) in [5.41, 5.74) is 0. The molecule has 122 valence electrons. The van der Waals surface area contributed by atoms with Gasteiger partial charge in [0, 0.05) is 33.4 Å².